The molecule has 12 heteroatoms. The highest BCUT2D eigenvalue weighted by atomic mass is 35.5. The number of aryl methyl sites for hydroxylation is 1. The van der Waals surface area contributed by atoms with Crippen molar-refractivity contribution in [2.24, 2.45) is 17.8 Å². The van der Waals surface area contributed by atoms with Crippen LogP contribution in [0.15, 0.2) is 61.2 Å². The Bertz CT molecular complexity index is 1660. The molecule has 3 aliphatic rings. The molecule has 5 rings (SSSR count). The maximum atomic E-state index is 12.6. The average molecular weight is 841 g/mol. The quantitative estimate of drug-likeness (QED) is 0.0996. The number of carbonyl (C=O) groups excluding carboxylic acids is 2. The van der Waals surface area contributed by atoms with E-state index in [1.807, 2.05) is 31.4 Å². The zero-order valence-corrected chi connectivity index (χ0v) is 37.5. The fraction of sp³-hybridized carbons (Fsp3) is 0.609. The van der Waals surface area contributed by atoms with Gasteiger partial charge in [-0.2, -0.15) is 0 Å². The number of likely N-dealkylation sites (N-methyl/N-ethyl adjacent to an activating group) is 1. The molecule has 2 aromatic carbocycles. The molecule has 0 spiro atoms. The molecule has 1 aliphatic carbocycles. The summed E-state index contributed by atoms with van der Waals surface area (Å²) < 4.78 is 28.9. The van der Waals surface area contributed by atoms with Crippen molar-refractivity contribution in [3.8, 4) is 5.75 Å². The van der Waals surface area contributed by atoms with Gasteiger partial charge in [-0.15, -0.1) is 0 Å². The van der Waals surface area contributed by atoms with Crippen molar-refractivity contribution >= 4 is 40.8 Å². The molecular weight excluding hydrogens is 770 g/mol. The van der Waals surface area contributed by atoms with Gasteiger partial charge in [-0.05, 0) is 132 Å². The van der Waals surface area contributed by atoms with Crippen molar-refractivity contribution in [2.45, 2.75) is 76.1 Å². The van der Waals surface area contributed by atoms with Gasteiger partial charge < -0.3 is 24.6 Å². The number of hydrogen-bond donors (Lipinski definition) is 2. The number of ether oxygens (including phenoxy) is 2. The monoisotopic (exact) mass is 839 g/mol. The second-order valence-corrected chi connectivity index (χ2v) is 18.5. The largest absolute Gasteiger partial charge is 0.491 e. The van der Waals surface area contributed by atoms with Crippen LogP contribution in [0, 0.1) is 17.8 Å². The lowest BCUT2D eigenvalue weighted by molar-refractivity contribution is -0.104. The minimum Gasteiger partial charge on any atom is -0.491 e. The highest BCUT2D eigenvalue weighted by molar-refractivity contribution is 7.83. The average Bonchev–Trinajstić information content (AvgIpc) is 3.40. The fourth-order valence-electron chi connectivity index (χ4n) is 8.69. The van der Waals surface area contributed by atoms with Crippen LogP contribution in [0.1, 0.15) is 80.3 Å². The third kappa shape index (κ3) is 13.3. The lowest BCUT2D eigenvalue weighted by Crippen LogP contribution is -2.57. The van der Waals surface area contributed by atoms with Gasteiger partial charge in [0.25, 0.3) is 0 Å². The minimum atomic E-state index is -1.07. The van der Waals surface area contributed by atoms with Gasteiger partial charge in [0.05, 0.1) is 23.3 Å². The molecule has 2 aliphatic heterocycles. The number of methoxy groups -OCH3 is 1. The number of benzene rings is 2. The number of nitrogens with one attached hydrogen (secondary N) is 2. The van der Waals surface area contributed by atoms with Gasteiger partial charge in [0, 0.05) is 74.7 Å². The van der Waals surface area contributed by atoms with Gasteiger partial charge in [-0.25, -0.2) is 8.93 Å². The molecule has 10 nitrogen and oxygen atoms in total. The molecule has 2 aromatic rings. The van der Waals surface area contributed by atoms with Crippen LogP contribution in [-0.2, 0) is 26.9 Å². The van der Waals surface area contributed by atoms with E-state index in [4.69, 9.17) is 25.9 Å². The molecule has 0 amide bonds. The first-order chi connectivity index (χ1) is 28.0. The first kappa shape index (κ1) is 47.8. The van der Waals surface area contributed by atoms with Crippen molar-refractivity contribution in [2.75, 3.05) is 91.6 Å². The number of fused-ring (bicyclic) bond motifs is 1. The number of carbonyl (C=O) groups is 2. The number of rotatable bonds is 17. The van der Waals surface area contributed by atoms with E-state index >= 15 is 0 Å². The van der Waals surface area contributed by atoms with E-state index in [0.29, 0.717) is 30.3 Å². The normalized spacial score (nSPS) is 23.4. The summed E-state index contributed by atoms with van der Waals surface area (Å²) in [5, 5.41) is 4.45. The Kier molecular flexibility index (Phi) is 20.1. The molecule has 1 saturated heterocycles. The highest BCUT2D eigenvalue weighted by Gasteiger charge is 2.48. The Labute approximate surface area is 356 Å². The van der Waals surface area contributed by atoms with E-state index in [-0.39, 0.29) is 17.1 Å². The number of halogens is 1. The van der Waals surface area contributed by atoms with Crippen molar-refractivity contribution < 1.29 is 23.3 Å². The van der Waals surface area contributed by atoms with Gasteiger partial charge >= 0.3 is 0 Å². The predicted octanol–water partition coefficient (Wildman–Crippen LogP) is 6.95. The van der Waals surface area contributed by atoms with Crippen molar-refractivity contribution in [3.05, 3.63) is 82.9 Å². The minimum absolute atomic E-state index is 0.0335. The zero-order chi connectivity index (χ0) is 42.1. The number of anilines is 1. The molecule has 0 radical (unpaired) electrons. The first-order valence-electron chi connectivity index (χ1n) is 21.3. The molecule has 0 aromatic heterocycles. The van der Waals surface area contributed by atoms with Gasteiger partial charge in [-0.1, -0.05) is 56.7 Å². The molecule has 0 bridgehead atoms. The van der Waals surface area contributed by atoms with Crippen molar-refractivity contribution in [1.82, 2.24) is 19.8 Å². The highest BCUT2D eigenvalue weighted by Crippen LogP contribution is 2.47. The topological polar surface area (TPSA) is 103 Å². The zero-order valence-electron chi connectivity index (χ0n) is 35.9. The van der Waals surface area contributed by atoms with Crippen molar-refractivity contribution in [1.29, 1.82) is 0 Å². The number of nitrogens with zero attached hydrogens (tertiary/aromatic N) is 3. The summed E-state index contributed by atoms with van der Waals surface area (Å²) in [6.07, 6.45) is 13.6. The third-order valence-electron chi connectivity index (χ3n) is 12.4. The Morgan fingerprint density at radius 1 is 1.12 bits per heavy atom. The molecule has 1 saturated carbocycles. The first-order valence-corrected chi connectivity index (χ1v) is 22.9. The third-order valence-corrected chi connectivity index (χ3v) is 14.2. The van der Waals surface area contributed by atoms with Crippen LogP contribution in [-0.4, -0.2) is 124 Å². The Balaban J connectivity index is 0.00000178. The summed E-state index contributed by atoms with van der Waals surface area (Å²) in [5.41, 5.74) is 3.74. The molecular formula is C46H70ClN5O5S. The molecule has 322 valence electrons. The summed E-state index contributed by atoms with van der Waals surface area (Å²) in [7, 11) is 4.80. The molecule has 2 N–H and O–H groups in total. The summed E-state index contributed by atoms with van der Waals surface area (Å²) >= 11 is 6.51. The molecule has 2 heterocycles. The molecule has 7 atom stereocenters. The van der Waals surface area contributed by atoms with E-state index in [0.717, 1.165) is 120 Å². The second kappa shape index (κ2) is 24.4. The van der Waals surface area contributed by atoms with Crippen molar-refractivity contribution in [3.63, 3.8) is 0 Å². The van der Waals surface area contributed by atoms with Crippen LogP contribution in [0.2, 0.25) is 5.02 Å². The van der Waals surface area contributed by atoms with Crippen LogP contribution >= 0.6 is 11.6 Å². The standard InChI is InChI=1S/C43H66ClN5O4S.C3H4O/c1-7-10-35-26-38(44)14-15-39(35)37-28-49(41-25-34(29-50)12-17-42(41)53-30-37)27-36-13-16-40(36)43(52-6,18-8-11-32(2)33(3)54(51)45-4)31-48-22-9-21-47(5)23-19-46-20-24-48;1-2-3-4/h8,12,14-15,17-18,25-26,29,32-33,36-37,40,45-46H,7,9-11,13,16,19-24,27-28,30-31H2,1-6H3;2-3H,1H2/b18-8+;. The van der Waals surface area contributed by atoms with E-state index in [1.165, 1.54) is 17.2 Å². The summed E-state index contributed by atoms with van der Waals surface area (Å²) in [4.78, 5) is 28.6. The lowest BCUT2D eigenvalue weighted by Gasteiger charge is -2.51. The summed E-state index contributed by atoms with van der Waals surface area (Å²) in [6.45, 7) is 18.7. The van der Waals surface area contributed by atoms with E-state index in [2.05, 4.69) is 83.4 Å². The van der Waals surface area contributed by atoms with Crippen LogP contribution < -0.4 is 19.7 Å². The summed E-state index contributed by atoms with van der Waals surface area (Å²) in [6, 6.07) is 12.1. The van der Waals surface area contributed by atoms with Gasteiger partial charge in [0.2, 0.25) is 0 Å². The SMILES string of the molecule is C=CC=O.CCCc1cc(Cl)ccc1C1COc2ccc(C=O)cc2N(CC2CCC2C(/C=C/CC(C)C(C)S(=O)NC)(CN2CCCN(C)CCNCC2)OC)C1. The van der Waals surface area contributed by atoms with Crippen LogP contribution in [0.3, 0.4) is 0 Å². The lowest BCUT2D eigenvalue weighted by atomic mass is 9.63. The van der Waals surface area contributed by atoms with Gasteiger partial charge in [0.15, 0.2) is 0 Å². The van der Waals surface area contributed by atoms with Gasteiger partial charge in [0.1, 0.15) is 23.9 Å². The van der Waals surface area contributed by atoms with E-state index in [1.54, 1.807) is 7.05 Å². The van der Waals surface area contributed by atoms with Crippen LogP contribution in [0.4, 0.5) is 5.69 Å². The fourth-order valence-corrected chi connectivity index (χ4v) is 9.79. The Morgan fingerprint density at radius 3 is 2.57 bits per heavy atom. The number of aldehydes is 2. The molecule has 2 fully saturated rings. The maximum Gasteiger partial charge on any atom is 0.150 e. The van der Waals surface area contributed by atoms with Gasteiger partial charge in [-0.3, -0.25) is 14.5 Å². The molecule has 58 heavy (non-hydrogen) atoms. The van der Waals surface area contributed by atoms with Crippen LogP contribution in [0.5, 0.6) is 5.75 Å². The Hall–Kier alpha value is -2.90. The molecule has 7 unspecified atom stereocenters. The Morgan fingerprint density at radius 2 is 1.90 bits per heavy atom. The summed E-state index contributed by atoms with van der Waals surface area (Å²) in [5.74, 6) is 1.90. The van der Waals surface area contributed by atoms with E-state index in [9.17, 15) is 9.00 Å². The van der Waals surface area contributed by atoms with E-state index < -0.39 is 16.6 Å². The number of allylic oxidation sites excluding steroid dienone is 2. The predicted molar refractivity (Wildman–Crippen MR) is 241 cm³/mol. The number of hydrogen-bond acceptors (Lipinski definition) is 9. The van der Waals surface area contributed by atoms with Crippen LogP contribution in [0.25, 0.3) is 0 Å². The second-order valence-electron chi connectivity index (χ2n) is 16.3. The smallest absolute Gasteiger partial charge is 0.150 e. The maximum absolute atomic E-state index is 12.6.